The summed E-state index contributed by atoms with van der Waals surface area (Å²) >= 11 is 0. The normalized spacial score (nSPS) is 28.8. The lowest BCUT2D eigenvalue weighted by molar-refractivity contribution is -0.139. The number of benzene rings is 1. The lowest BCUT2D eigenvalue weighted by atomic mass is 9.80. The van der Waals surface area contributed by atoms with Gasteiger partial charge >= 0.3 is 0 Å². The van der Waals surface area contributed by atoms with Gasteiger partial charge in [0.15, 0.2) is 0 Å². The number of nitrogens with zero attached hydrogens (tertiary/aromatic N) is 2. The van der Waals surface area contributed by atoms with Gasteiger partial charge in [-0.25, -0.2) is 4.39 Å². The molecule has 4 nitrogen and oxygen atoms in total. The van der Waals surface area contributed by atoms with Crippen molar-refractivity contribution in [2.24, 2.45) is 0 Å². The maximum absolute atomic E-state index is 13.2. The highest BCUT2D eigenvalue weighted by Gasteiger charge is 2.48. The predicted molar refractivity (Wildman–Crippen MR) is 100 cm³/mol. The van der Waals surface area contributed by atoms with E-state index in [1.54, 1.807) is 12.1 Å². The van der Waals surface area contributed by atoms with Crippen LogP contribution in [0.15, 0.2) is 24.3 Å². The van der Waals surface area contributed by atoms with Crippen LogP contribution in [0.2, 0.25) is 0 Å². The summed E-state index contributed by atoms with van der Waals surface area (Å²) in [5.74, 6) is -0.120. The Balaban J connectivity index is 1.73. The number of fused-ring (bicyclic) bond motifs is 2. The maximum Gasteiger partial charge on any atom is 0.237 e. The fourth-order valence-corrected chi connectivity index (χ4v) is 4.98. The van der Waals surface area contributed by atoms with Crippen LogP contribution in [0, 0.1) is 5.82 Å². The van der Waals surface area contributed by atoms with Crippen LogP contribution in [0.5, 0.6) is 0 Å². The summed E-state index contributed by atoms with van der Waals surface area (Å²) in [6, 6.07) is 6.97. The van der Waals surface area contributed by atoms with Gasteiger partial charge in [-0.05, 0) is 71.1 Å². The molecule has 3 rings (SSSR count). The van der Waals surface area contributed by atoms with Gasteiger partial charge in [-0.15, -0.1) is 0 Å². The van der Waals surface area contributed by atoms with Crippen LogP contribution >= 0.6 is 0 Å². The maximum atomic E-state index is 13.2. The van der Waals surface area contributed by atoms with Crippen molar-refractivity contribution < 1.29 is 14.3 Å². The number of aliphatic hydroxyl groups is 1. The molecule has 0 spiro atoms. The molecule has 0 saturated carbocycles. The van der Waals surface area contributed by atoms with Crippen LogP contribution in [-0.4, -0.2) is 51.5 Å². The lowest BCUT2D eigenvalue weighted by Gasteiger charge is -2.44. The van der Waals surface area contributed by atoms with Crippen molar-refractivity contribution in [2.75, 3.05) is 6.54 Å². The van der Waals surface area contributed by atoms with Crippen LogP contribution in [0.4, 0.5) is 4.39 Å². The Labute approximate surface area is 156 Å². The van der Waals surface area contributed by atoms with Crippen molar-refractivity contribution in [1.29, 1.82) is 0 Å². The highest BCUT2D eigenvalue weighted by atomic mass is 19.1. The molecule has 0 aliphatic carbocycles. The van der Waals surface area contributed by atoms with Crippen LogP contribution < -0.4 is 0 Å². The van der Waals surface area contributed by atoms with Crippen molar-refractivity contribution >= 4 is 5.91 Å². The fourth-order valence-electron chi connectivity index (χ4n) is 4.98. The second kappa shape index (κ2) is 7.28. The SMILES string of the molecule is CC(C)N(C(=O)CN1C2CCC1CC(O)(c1ccc(F)cc1)C2)C(C)C. The molecule has 1 aromatic carbocycles. The third kappa shape index (κ3) is 3.65. The van der Waals surface area contributed by atoms with Crippen molar-refractivity contribution in [1.82, 2.24) is 9.80 Å². The van der Waals surface area contributed by atoms with E-state index in [0.29, 0.717) is 19.4 Å². The largest absolute Gasteiger partial charge is 0.385 e. The number of halogens is 1. The molecule has 5 heteroatoms. The summed E-state index contributed by atoms with van der Waals surface area (Å²) in [5.41, 5.74) is -0.137. The van der Waals surface area contributed by atoms with E-state index < -0.39 is 5.60 Å². The molecule has 1 aromatic rings. The van der Waals surface area contributed by atoms with E-state index in [9.17, 15) is 14.3 Å². The lowest BCUT2D eigenvalue weighted by Crippen LogP contribution is -2.54. The zero-order valence-corrected chi connectivity index (χ0v) is 16.3. The summed E-state index contributed by atoms with van der Waals surface area (Å²) < 4.78 is 13.2. The van der Waals surface area contributed by atoms with Gasteiger partial charge in [0.25, 0.3) is 0 Å². The summed E-state index contributed by atoms with van der Waals surface area (Å²) in [6.07, 6.45) is 3.22. The Bertz CT molecular complexity index is 622. The first-order valence-electron chi connectivity index (χ1n) is 9.76. The monoisotopic (exact) mass is 362 g/mol. The van der Waals surface area contributed by atoms with Gasteiger partial charge in [-0.3, -0.25) is 9.69 Å². The Hall–Kier alpha value is -1.46. The van der Waals surface area contributed by atoms with Crippen molar-refractivity contribution in [3.8, 4) is 0 Å². The number of amides is 1. The first-order chi connectivity index (χ1) is 12.2. The number of carbonyl (C=O) groups is 1. The third-order valence-corrected chi connectivity index (χ3v) is 6.02. The number of hydrogen-bond donors (Lipinski definition) is 1. The van der Waals surface area contributed by atoms with E-state index in [-0.39, 0.29) is 35.9 Å². The Morgan fingerprint density at radius 1 is 1.15 bits per heavy atom. The minimum atomic E-state index is -0.922. The molecule has 2 heterocycles. The van der Waals surface area contributed by atoms with Gasteiger partial charge in [0.2, 0.25) is 5.91 Å². The van der Waals surface area contributed by atoms with Crippen LogP contribution in [0.1, 0.15) is 58.9 Å². The molecular formula is C21H31FN2O2. The van der Waals surface area contributed by atoms with Gasteiger partial charge < -0.3 is 10.0 Å². The topological polar surface area (TPSA) is 43.8 Å². The third-order valence-electron chi connectivity index (χ3n) is 6.02. The van der Waals surface area contributed by atoms with Gasteiger partial charge in [-0.2, -0.15) is 0 Å². The van der Waals surface area contributed by atoms with Gasteiger partial charge in [0, 0.05) is 24.2 Å². The summed E-state index contributed by atoms with van der Waals surface area (Å²) in [4.78, 5) is 17.1. The minimum Gasteiger partial charge on any atom is -0.385 e. The Morgan fingerprint density at radius 3 is 2.12 bits per heavy atom. The zero-order chi connectivity index (χ0) is 19.1. The predicted octanol–water partition coefficient (Wildman–Crippen LogP) is 3.29. The average molecular weight is 362 g/mol. The van der Waals surface area contributed by atoms with Gasteiger partial charge in [0.05, 0.1) is 12.1 Å². The smallest absolute Gasteiger partial charge is 0.237 e. The number of hydrogen-bond acceptors (Lipinski definition) is 3. The highest BCUT2D eigenvalue weighted by Crippen LogP contribution is 2.45. The molecule has 2 saturated heterocycles. The van der Waals surface area contributed by atoms with Crippen molar-refractivity contribution in [3.63, 3.8) is 0 Å². The molecule has 2 bridgehead atoms. The summed E-state index contributed by atoms with van der Waals surface area (Å²) in [7, 11) is 0. The van der Waals surface area contributed by atoms with E-state index >= 15 is 0 Å². The highest BCUT2D eigenvalue weighted by molar-refractivity contribution is 5.79. The molecule has 2 atom stereocenters. The van der Waals surface area contributed by atoms with E-state index in [4.69, 9.17) is 0 Å². The molecule has 2 aliphatic heterocycles. The molecule has 1 amide bonds. The fraction of sp³-hybridized carbons (Fsp3) is 0.667. The van der Waals surface area contributed by atoms with E-state index in [0.717, 1.165) is 18.4 Å². The molecule has 0 radical (unpaired) electrons. The molecular weight excluding hydrogens is 331 g/mol. The Kier molecular flexibility index (Phi) is 5.40. The molecule has 2 unspecified atom stereocenters. The summed E-state index contributed by atoms with van der Waals surface area (Å²) in [6.45, 7) is 8.63. The quantitative estimate of drug-likeness (QED) is 0.874. The van der Waals surface area contributed by atoms with Gasteiger partial charge in [-0.1, -0.05) is 12.1 Å². The number of rotatable bonds is 5. The average Bonchev–Trinajstić information content (AvgIpc) is 2.78. The first-order valence-corrected chi connectivity index (χ1v) is 9.76. The second-order valence-corrected chi connectivity index (χ2v) is 8.49. The number of carbonyl (C=O) groups excluding carboxylic acids is 1. The van der Waals surface area contributed by atoms with Gasteiger partial charge in [0.1, 0.15) is 5.82 Å². The molecule has 26 heavy (non-hydrogen) atoms. The second-order valence-electron chi connectivity index (χ2n) is 8.49. The molecule has 2 aliphatic rings. The van der Waals surface area contributed by atoms with Crippen LogP contribution in [-0.2, 0) is 10.4 Å². The van der Waals surface area contributed by atoms with Crippen molar-refractivity contribution in [3.05, 3.63) is 35.6 Å². The molecule has 144 valence electrons. The summed E-state index contributed by atoms with van der Waals surface area (Å²) in [5, 5.41) is 11.2. The van der Waals surface area contributed by atoms with Crippen LogP contribution in [0.3, 0.4) is 0 Å². The standard InChI is InChI=1S/C21H31FN2O2/c1-14(2)24(15(3)4)20(25)13-23-18-9-10-19(23)12-21(26,11-18)16-5-7-17(22)8-6-16/h5-8,14-15,18-19,26H,9-13H2,1-4H3. The molecule has 2 fully saturated rings. The molecule has 1 N–H and O–H groups in total. The van der Waals surface area contributed by atoms with E-state index in [1.165, 1.54) is 12.1 Å². The minimum absolute atomic E-state index is 0.166. The van der Waals surface area contributed by atoms with Crippen LogP contribution in [0.25, 0.3) is 0 Å². The van der Waals surface area contributed by atoms with Crippen molar-refractivity contribution in [2.45, 2.75) is 83.1 Å². The first kappa shape index (κ1) is 19.3. The van der Waals surface area contributed by atoms with E-state index in [1.807, 2.05) is 4.90 Å². The molecule has 0 aromatic heterocycles. The zero-order valence-electron chi connectivity index (χ0n) is 16.3. The van der Waals surface area contributed by atoms with E-state index in [2.05, 4.69) is 32.6 Å². The number of piperidine rings is 1. The Morgan fingerprint density at radius 2 is 1.65 bits per heavy atom.